The third-order valence-corrected chi connectivity index (χ3v) is 1.55. The van der Waals surface area contributed by atoms with Gasteiger partial charge in [0.2, 0.25) is 0 Å². The quantitative estimate of drug-likeness (QED) is 0.639. The first-order valence-corrected chi connectivity index (χ1v) is 3.99. The second-order valence-electron chi connectivity index (χ2n) is 2.59. The Hall–Kier alpha value is -1.49. The summed E-state index contributed by atoms with van der Waals surface area (Å²) in [6, 6.07) is 4.00. The molecule has 0 bridgehead atoms. The van der Waals surface area contributed by atoms with E-state index in [0.29, 0.717) is 0 Å². The Bertz CT molecular complexity index is 290. The lowest BCUT2D eigenvalue weighted by atomic mass is 10.1. The molecule has 0 spiro atoms. The summed E-state index contributed by atoms with van der Waals surface area (Å²) in [5.74, 6) is 0. The maximum atomic E-state index is 8.71. The zero-order valence-electron chi connectivity index (χ0n) is 7.08. The smallest absolute Gasteiger partial charge is 0.0975 e. The predicted octanol–water partition coefficient (Wildman–Crippen LogP) is 2.99. The number of allylic oxidation sites excluding steroid dienone is 1. The summed E-state index contributed by atoms with van der Waals surface area (Å²) in [6.45, 7) is 2.06. The van der Waals surface area contributed by atoms with Gasteiger partial charge in [0, 0.05) is 11.1 Å². The standard InChI is InChI=1S/C10H11NO/c1-2-3-9(7-11)6-10-4-5-12-8-10/h4-6,8H,2-3H2,1H3/b9-6-. The molecule has 2 heteroatoms. The monoisotopic (exact) mass is 161 g/mol. The van der Waals surface area contributed by atoms with E-state index in [2.05, 4.69) is 13.0 Å². The minimum absolute atomic E-state index is 0.805. The van der Waals surface area contributed by atoms with Gasteiger partial charge in [-0.15, -0.1) is 0 Å². The molecule has 0 saturated heterocycles. The highest BCUT2D eigenvalue weighted by Crippen LogP contribution is 2.10. The van der Waals surface area contributed by atoms with Gasteiger partial charge in [-0.2, -0.15) is 5.26 Å². The lowest BCUT2D eigenvalue weighted by molar-refractivity contribution is 0.567. The average molecular weight is 161 g/mol. The molecule has 1 aromatic heterocycles. The van der Waals surface area contributed by atoms with Crippen LogP contribution in [0.3, 0.4) is 0 Å². The van der Waals surface area contributed by atoms with Crippen LogP contribution in [-0.2, 0) is 0 Å². The zero-order valence-corrected chi connectivity index (χ0v) is 7.08. The van der Waals surface area contributed by atoms with Gasteiger partial charge in [-0.25, -0.2) is 0 Å². The van der Waals surface area contributed by atoms with Crippen molar-refractivity contribution in [2.45, 2.75) is 19.8 Å². The van der Waals surface area contributed by atoms with Crippen molar-refractivity contribution in [2.24, 2.45) is 0 Å². The van der Waals surface area contributed by atoms with E-state index >= 15 is 0 Å². The molecule has 1 rings (SSSR count). The van der Waals surface area contributed by atoms with E-state index in [1.165, 1.54) is 0 Å². The molecule has 0 saturated carbocycles. The number of nitrogens with zero attached hydrogens (tertiary/aromatic N) is 1. The third kappa shape index (κ3) is 2.28. The number of rotatable bonds is 3. The van der Waals surface area contributed by atoms with Crippen molar-refractivity contribution >= 4 is 6.08 Å². The molecule has 12 heavy (non-hydrogen) atoms. The van der Waals surface area contributed by atoms with Crippen molar-refractivity contribution in [1.82, 2.24) is 0 Å². The van der Waals surface area contributed by atoms with Gasteiger partial charge in [0.05, 0.1) is 18.6 Å². The van der Waals surface area contributed by atoms with Crippen LogP contribution < -0.4 is 0 Å². The molecule has 0 aliphatic carbocycles. The molecular formula is C10H11NO. The summed E-state index contributed by atoms with van der Waals surface area (Å²) in [4.78, 5) is 0. The molecule has 0 fully saturated rings. The van der Waals surface area contributed by atoms with Crippen molar-refractivity contribution in [3.05, 3.63) is 29.7 Å². The van der Waals surface area contributed by atoms with E-state index in [1.54, 1.807) is 12.5 Å². The Kier molecular flexibility index (Phi) is 3.16. The first kappa shape index (κ1) is 8.61. The summed E-state index contributed by atoms with van der Waals surface area (Å²) >= 11 is 0. The fraction of sp³-hybridized carbons (Fsp3) is 0.300. The molecule has 62 valence electrons. The summed E-state index contributed by atoms with van der Waals surface area (Å²) in [6.07, 6.45) is 6.92. The fourth-order valence-electron chi connectivity index (χ4n) is 0.988. The zero-order chi connectivity index (χ0) is 8.81. The Balaban J connectivity index is 2.73. The molecule has 1 heterocycles. The topological polar surface area (TPSA) is 36.9 Å². The van der Waals surface area contributed by atoms with Crippen LogP contribution in [0.2, 0.25) is 0 Å². The Morgan fingerprint density at radius 1 is 1.75 bits per heavy atom. The number of furan rings is 1. The maximum Gasteiger partial charge on any atom is 0.0975 e. The van der Waals surface area contributed by atoms with Crippen LogP contribution in [0.15, 0.2) is 28.6 Å². The van der Waals surface area contributed by atoms with Gasteiger partial charge in [-0.3, -0.25) is 0 Å². The van der Waals surface area contributed by atoms with E-state index in [0.717, 1.165) is 24.0 Å². The molecular weight excluding hydrogens is 150 g/mol. The van der Waals surface area contributed by atoms with Crippen LogP contribution in [0.4, 0.5) is 0 Å². The Morgan fingerprint density at radius 2 is 2.58 bits per heavy atom. The molecule has 1 aromatic rings. The van der Waals surface area contributed by atoms with Gasteiger partial charge in [0.25, 0.3) is 0 Å². The van der Waals surface area contributed by atoms with E-state index in [9.17, 15) is 0 Å². The second kappa shape index (κ2) is 4.40. The van der Waals surface area contributed by atoms with Crippen molar-refractivity contribution in [3.63, 3.8) is 0 Å². The molecule has 0 amide bonds. The highest BCUT2D eigenvalue weighted by atomic mass is 16.3. The number of hydrogen-bond donors (Lipinski definition) is 0. The van der Waals surface area contributed by atoms with Crippen LogP contribution in [0.5, 0.6) is 0 Å². The highest BCUT2D eigenvalue weighted by molar-refractivity contribution is 5.55. The normalized spacial score (nSPS) is 11.2. The largest absolute Gasteiger partial charge is 0.472 e. The summed E-state index contributed by atoms with van der Waals surface area (Å²) < 4.78 is 4.88. The minimum atomic E-state index is 0.805. The molecule has 0 aliphatic rings. The molecule has 0 aliphatic heterocycles. The fourth-order valence-corrected chi connectivity index (χ4v) is 0.988. The summed E-state index contributed by atoms with van der Waals surface area (Å²) in [7, 11) is 0. The molecule has 0 radical (unpaired) electrons. The van der Waals surface area contributed by atoms with E-state index in [-0.39, 0.29) is 0 Å². The van der Waals surface area contributed by atoms with Crippen molar-refractivity contribution < 1.29 is 4.42 Å². The SMILES string of the molecule is CCC/C(C#N)=C/c1ccoc1. The van der Waals surface area contributed by atoms with Crippen LogP contribution in [0.1, 0.15) is 25.3 Å². The van der Waals surface area contributed by atoms with Crippen molar-refractivity contribution in [2.75, 3.05) is 0 Å². The van der Waals surface area contributed by atoms with E-state index in [1.807, 2.05) is 12.1 Å². The minimum Gasteiger partial charge on any atom is -0.472 e. The van der Waals surface area contributed by atoms with Crippen LogP contribution in [-0.4, -0.2) is 0 Å². The molecule has 0 aromatic carbocycles. The Morgan fingerprint density at radius 3 is 3.08 bits per heavy atom. The van der Waals surface area contributed by atoms with E-state index in [4.69, 9.17) is 9.68 Å². The van der Waals surface area contributed by atoms with Gasteiger partial charge in [0.1, 0.15) is 0 Å². The number of nitriles is 1. The summed E-state index contributed by atoms with van der Waals surface area (Å²) in [5, 5.41) is 8.71. The van der Waals surface area contributed by atoms with Crippen LogP contribution in [0, 0.1) is 11.3 Å². The Labute approximate surface area is 72.1 Å². The van der Waals surface area contributed by atoms with Gasteiger partial charge in [-0.1, -0.05) is 13.3 Å². The lowest BCUT2D eigenvalue weighted by Gasteiger charge is -1.91. The average Bonchev–Trinajstić information content (AvgIpc) is 2.56. The van der Waals surface area contributed by atoms with Gasteiger partial charge >= 0.3 is 0 Å². The first-order valence-electron chi connectivity index (χ1n) is 3.99. The van der Waals surface area contributed by atoms with Gasteiger partial charge in [-0.05, 0) is 18.6 Å². The molecule has 2 nitrogen and oxygen atoms in total. The summed E-state index contributed by atoms with van der Waals surface area (Å²) in [5.41, 5.74) is 1.76. The second-order valence-corrected chi connectivity index (χ2v) is 2.59. The lowest BCUT2D eigenvalue weighted by Crippen LogP contribution is -1.76. The third-order valence-electron chi connectivity index (χ3n) is 1.55. The molecule has 0 N–H and O–H groups in total. The van der Waals surface area contributed by atoms with E-state index < -0.39 is 0 Å². The maximum absolute atomic E-state index is 8.71. The highest BCUT2D eigenvalue weighted by Gasteiger charge is 1.94. The van der Waals surface area contributed by atoms with Gasteiger partial charge < -0.3 is 4.42 Å². The first-order chi connectivity index (χ1) is 5.86. The van der Waals surface area contributed by atoms with Crippen molar-refractivity contribution in [3.8, 4) is 6.07 Å². The molecule has 0 unspecified atom stereocenters. The van der Waals surface area contributed by atoms with Crippen molar-refractivity contribution in [1.29, 1.82) is 5.26 Å². The van der Waals surface area contributed by atoms with Gasteiger partial charge in [0.15, 0.2) is 0 Å². The number of hydrogen-bond acceptors (Lipinski definition) is 2. The molecule has 0 atom stereocenters. The van der Waals surface area contributed by atoms with Crippen LogP contribution >= 0.6 is 0 Å². The predicted molar refractivity (Wildman–Crippen MR) is 47.2 cm³/mol. The van der Waals surface area contributed by atoms with Crippen LogP contribution in [0.25, 0.3) is 6.08 Å².